The second kappa shape index (κ2) is 7.17. The van der Waals surface area contributed by atoms with Gasteiger partial charge in [-0.2, -0.15) is 0 Å². The largest absolute Gasteiger partial charge is 0.478 e. The van der Waals surface area contributed by atoms with E-state index in [1.54, 1.807) is 18.3 Å². The molecule has 0 atom stereocenters. The normalized spacial score (nSPS) is 10.8. The van der Waals surface area contributed by atoms with Crippen molar-refractivity contribution in [1.29, 1.82) is 0 Å². The zero-order valence-corrected chi connectivity index (χ0v) is 10.4. The van der Waals surface area contributed by atoms with E-state index in [0.29, 0.717) is 18.2 Å². The van der Waals surface area contributed by atoms with Gasteiger partial charge in [0.05, 0.1) is 18.5 Å². The van der Waals surface area contributed by atoms with E-state index in [1.165, 1.54) is 6.34 Å². The topological polar surface area (TPSA) is 71.7 Å². The molecule has 0 aliphatic heterocycles. The first-order chi connectivity index (χ1) is 9.38. The molecule has 0 bridgehead atoms. The fraction of sp³-hybridized carbons (Fsp3) is 0.231. The Hall–Kier alpha value is -2.34. The third-order valence-corrected chi connectivity index (χ3v) is 2.47. The van der Waals surface area contributed by atoms with Crippen LogP contribution in [0, 0.1) is 0 Å². The van der Waals surface area contributed by atoms with Crippen molar-refractivity contribution in [1.82, 2.24) is 15.0 Å². The van der Waals surface area contributed by atoms with Crippen LogP contribution in [0.4, 0.5) is 5.69 Å². The molecule has 2 heterocycles. The number of nitrogens with zero attached hydrogens (tertiary/aromatic N) is 3. The molecule has 0 radical (unpaired) electrons. The smallest absolute Gasteiger partial charge is 0.213 e. The molecule has 0 saturated heterocycles. The predicted octanol–water partition coefficient (Wildman–Crippen LogP) is 1.99. The second-order valence-electron chi connectivity index (χ2n) is 3.86. The highest BCUT2D eigenvalue weighted by Gasteiger charge is 1.96. The fourth-order valence-corrected chi connectivity index (χ4v) is 1.58. The lowest BCUT2D eigenvalue weighted by molar-refractivity contribution is 0.240. The summed E-state index contributed by atoms with van der Waals surface area (Å²) in [6.45, 7) is 1.55. The maximum atomic E-state index is 8.36. The van der Waals surface area contributed by atoms with Gasteiger partial charge >= 0.3 is 0 Å². The second-order valence-corrected chi connectivity index (χ2v) is 3.86. The first kappa shape index (κ1) is 13.1. The van der Waals surface area contributed by atoms with Crippen LogP contribution in [0.25, 0.3) is 0 Å². The predicted molar refractivity (Wildman–Crippen MR) is 71.9 cm³/mol. The Labute approximate surface area is 111 Å². The Morgan fingerprint density at radius 2 is 2.21 bits per heavy atom. The first-order valence-electron chi connectivity index (χ1n) is 6.00. The van der Waals surface area contributed by atoms with Crippen molar-refractivity contribution < 1.29 is 9.94 Å². The Morgan fingerprint density at radius 3 is 2.89 bits per heavy atom. The average molecular weight is 260 g/mol. The third-order valence-electron chi connectivity index (χ3n) is 2.47. The molecule has 6 nitrogen and oxygen atoms in total. The summed E-state index contributed by atoms with van der Waals surface area (Å²) in [4.78, 5) is 8.00. The lowest BCUT2D eigenvalue weighted by Gasteiger charge is -2.06. The van der Waals surface area contributed by atoms with Crippen molar-refractivity contribution in [3.63, 3.8) is 0 Å². The van der Waals surface area contributed by atoms with E-state index >= 15 is 0 Å². The summed E-state index contributed by atoms with van der Waals surface area (Å²) < 4.78 is 7.63. The van der Waals surface area contributed by atoms with E-state index < -0.39 is 0 Å². The van der Waals surface area contributed by atoms with Crippen LogP contribution in [0.15, 0.2) is 47.8 Å². The number of aryl methyl sites for hydroxylation is 1. The summed E-state index contributed by atoms with van der Waals surface area (Å²) >= 11 is 0. The molecule has 6 heteroatoms. The number of aliphatic imine (C=N–C) groups is 1. The number of ether oxygens (including phenoxy) is 1. The zero-order chi connectivity index (χ0) is 13.3. The minimum Gasteiger partial charge on any atom is -0.478 e. The number of pyridine rings is 1. The van der Waals surface area contributed by atoms with Crippen molar-refractivity contribution in [2.24, 2.45) is 4.99 Å². The molecule has 0 amide bonds. The van der Waals surface area contributed by atoms with Gasteiger partial charge in [0, 0.05) is 25.0 Å². The lowest BCUT2D eigenvalue weighted by atomic mass is 10.4. The molecule has 2 aromatic rings. The average Bonchev–Trinajstić information content (AvgIpc) is 2.96. The molecule has 0 unspecified atom stereocenters. The van der Waals surface area contributed by atoms with E-state index in [1.807, 2.05) is 30.0 Å². The summed E-state index contributed by atoms with van der Waals surface area (Å²) in [5, 5.41) is 8.36. The van der Waals surface area contributed by atoms with E-state index in [2.05, 4.69) is 14.5 Å². The van der Waals surface area contributed by atoms with Crippen molar-refractivity contribution in [3.8, 4) is 5.88 Å². The van der Waals surface area contributed by atoms with Crippen LogP contribution in [0.1, 0.15) is 6.42 Å². The highest BCUT2D eigenvalue weighted by molar-refractivity contribution is 5.59. The van der Waals surface area contributed by atoms with Gasteiger partial charge in [0.25, 0.3) is 0 Å². The van der Waals surface area contributed by atoms with Crippen molar-refractivity contribution in [3.05, 3.63) is 42.9 Å². The van der Waals surface area contributed by atoms with E-state index in [9.17, 15) is 0 Å². The molecular formula is C13H16N4O2. The first-order valence-corrected chi connectivity index (χ1v) is 6.00. The summed E-state index contributed by atoms with van der Waals surface area (Å²) in [5.74, 6) is 0.573. The van der Waals surface area contributed by atoms with Crippen LogP contribution in [-0.2, 0) is 6.54 Å². The molecule has 0 fully saturated rings. The van der Waals surface area contributed by atoms with Crippen LogP contribution < -0.4 is 10.2 Å². The summed E-state index contributed by atoms with van der Waals surface area (Å²) in [6.07, 6.45) is 7.73. The van der Waals surface area contributed by atoms with E-state index in [0.717, 1.165) is 13.0 Å². The quantitative estimate of drug-likeness (QED) is 0.345. The van der Waals surface area contributed by atoms with Gasteiger partial charge < -0.3 is 9.30 Å². The van der Waals surface area contributed by atoms with Crippen LogP contribution in [0.3, 0.4) is 0 Å². The molecule has 19 heavy (non-hydrogen) atoms. The Balaban J connectivity index is 1.72. The number of nitrogens with one attached hydrogen (secondary N) is 1. The molecule has 2 rings (SSSR count). The maximum absolute atomic E-state index is 8.36. The summed E-state index contributed by atoms with van der Waals surface area (Å²) in [6, 6.07) is 7.52. The summed E-state index contributed by atoms with van der Waals surface area (Å²) in [5.41, 5.74) is 2.47. The number of aromatic nitrogens is 2. The molecular weight excluding hydrogens is 244 g/mol. The fourth-order valence-electron chi connectivity index (χ4n) is 1.58. The molecule has 100 valence electrons. The molecule has 2 aromatic heterocycles. The molecule has 0 spiro atoms. The summed E-state index contributed by atoms with van der Waals surface area (Å²) in [7, 11) is 0. The highest BCUT2D eigenvalue weighted by Crippen LogP contribution is 2.13. The van der Waals surface area contributed by atoms with Gasteiger partial charge in [0.2, 0.25) is 5.88 Å². The van der Waals surface area contributed by atoms with Crippen molar-refractivity contribution in [2.75, 3.05) is 6.61 Å². The molecule has 0 aliphatic rings. The third kappa shape index (κ3) is 4.44. The number of hydroxylamine groups is 1. The van der Waals surface area contributed by atoms with E-state index in [-0.39, 0.29) is 0 Å². The van der Waals surface area contributed by atoms with Crippen LogP contribution in [0.5, 0.6) is 5.88 Å². The van der Waals surface area contributed by atoms with Crippen LogP contribution >= 0.6 is 0 Å². The highest BCUT2D eigenvalue weighted by atomic mass is 16.5. The van der Waals surface area contributed by atoms with Crippen molar-refractivity contribution >= 4 is 12.0 Å². The van der Waals surface area contributed by atoms with Crippen LogP contribution in [-0.4, -0.2) is 27.7 Å². The van der Waals surface area contributed by atoms with Gasteiger partial charge in [-0.1, -0.05) is 0 Å². The minimum atomic E-state index is 0.573. The number of hydrogen-bond donors (Lipinski definition) is 2. The van der Waals surface area contributed by atoms with E-state index in [4.69, 9.17) is 9.94 Å². The molecule has 0 saturated carbocycles. The Morgan fingerprint density at radius 1 is 1.37 bits per heavy atom. The van der Waals surface area contributed by atoms with Gasteiger partial charge in [-0.05, 0) is 24.6 Å². The van der Waals surface area contributed by atoms with Gasteiger partial charge in [0.15, 0.2) is 0 Å². The van der Waals surface area contributed by atoms with Crippen molar-refractivity contribution in [2.45, 2.75) is 13.0 Å². The van der Waals surface area contributed by atoms with Gasteiger partial charge in [0.1, 0.15) is 6.34 Å². The van der Waals surface area contributed by atoms with Gasteiger partial charge in [-0.15, -0.1) is 0 Å². The monoisotopic (exact) mass is 260 g/mol. The van der Waals surface area contributed by atoms with Gasteiger partial charge in [-0.25, -0.2) is 9.98 Å². The molecule has 0 aromatic carbocycles. The molecule has 0 aliphatic carbocycles. The van der Waals surface area contributed by atoms with Crippen LogP contribution in [0.2, 0.25) is 0 Å². The number of hydrogen-bond acceptors (Lipinski definition) is 4. The minimum absolute atomic E-state index is 0.573. The molecule has 2 N–H and O–H groups in total. The zero-order valence-electron chi connectivity index (χ0n) is 10.4. The Bertz CT molecular complexity index is 494. The maximum Gasteiger partial charge on any atom is 0.213 e. The number of rotatable bonds is 7. The Kier molecular flexibility index (Phi) is 4.95. The SMILES string of the molecule is ONC=Nc1ccc(OCCCn2cccc2)nc1. The standard InChI is InChI=1S/C13H16N4O2/c18-16-11-15-12-4-5-13(14-10-12)19-9-3-8-17-6-1-2-7-17/h1-2,4-7,10-11,18H,3,8-9H2,(H,15,16). The lowest BCUT2D eigenvalue weighted by Crippen LogP contribution is -2.03. The van der Waals surface area contributed by atoms with Gasteiger partial charge in [-0.3, -0.25) is 10.7 Å².